The molecule has 0 saturated carbocycles. The molecule has 2 aromatic rings. The first-order valence-corrected chi connectivity index (χ1v) is 8.90. The number of pyridine rings is 1. The number of morpholine rings is 1. The highest BCUT2D eigenvalue weighted by Crippen LogP contribution is 2.21. The van der Waals surface area contributed by atoms with Crippen molar-refractivity contribution in [1.29, 1.82) is 0 Å². The van der Waals surface area contributed by atoms with Gasteiger partial charge in [0.1, 0.15) is 16.1 Å². The predicted molar refractivity (Wildman–Crippen MR) is 90.5 cm³/mol. The number of amides is 1. The van der Waals surface area contributed by atoms with Gasteiger partial charge in [0.05, 0.1) is 19.8 Å². The lowest BCUT2D eigenvalue weighted by Gasteiger charge is -2.33. The van der Waals surface area contributed by atoms with Crippen molar-refractivity contribution in [2.45, 2.75) is 25.9 Å². The van der Waals surface area contributed by atoms with Crippen LogP contribution in [0.5, 0.6) is 0 Å². The monoisotopic (exact) mass is 347 g/mol. The molecule has 1 atom stereocenters. The van der Waals surface area contributed by atoms with Gasteiger partial charge in [0, 0.05) is 25.5 Å². The van der Waals surface area contributed by atoms with Crippen LogP contribution in [0.1, 0.15) is 28.5 Å². The Morgan fingerprint density at radius 2 is 2.17 bits per heavy atom. The molecule has 1 aliphatic heterocycles. The molecule has 2 aromatic heterocycles. The van der Waals surface area contributed by atoms with E-state index in [4.69, 9.17) is 4.74 Å². The Morgan fingerprint density at radius 1 is 1.38 bits per heavy atom. The van der Waals surface area contributed by atoms with E-state index in [1.54, 1.807) is 12.4 Å². The van der Waals surface area contributed by atoms with Gasteiger partial charge >= 0.3 is 0 Å². The van der Waals surface area contributed by atoms with Crippen molar-refractivity contribution in [3.8, 4) is 0 Å². The van der Waals surface area contributed by atoms with Crippen LogP contribution in [0.3, 0.4) is 0 Å². The molecule has 7 nitrogen and oxygen atoms in total. The fourth-order valence-corrected chi connectivity index (χ4v) is 3.39. The van der Waals surface area contributed by atoms with E-state index >= 15 is 0 Å². The van der Waals surface area contributed by atoms with Crippen LogP contribution in [0.25, 0.3) is 0 Å². The van der Waals surface area contributed by atoms with Gasteiger partial charge in [-0.25, -0.2) is 0 Å². The highest BCUT2D eigenvalue weighted by atomic mass is 32.1. The predicted octanol–water partition coefficient (Wildman–Crippen LogP) is 1.19. The first kappa shape index (κ1) is 16.9. The molecule has 0 spiro atoms. The molecule has 1 amide bonds. The number of carbonyl (C=O) groups excluding carboxylic acids is 1. The van der Waals surface area contributed by atoms with Gasteiger partial charge in [-0.1, -0.05) is 24.3 Å². The first-order chi connectivity index (χ1) is 11.8. The topological polar surface area (TPSA) is 80.2 Å². The van der Waals surface area contributed by atoms with Crippen molar-refractivity contribution in [1.82, 2.24) is 25.4 Å². The Bertz CT molecular complexity index is 657. The summed E-state index contributed by atoms with van der Waals surface area (Å²) in [6.45, 7) is 5.18. The van der Waals surface area contributed by atoms with Crippen molar-refractivity contribution in [3.05, 3.63) is 40.1 Å². The fraction of sp³-hybridized carbons (Fsp3) is 0.500. The van der Waals surface area contributed by atoms with Gasteiger partial charge in [-0.15, -0.1) is 10.2 Å². The van der Waals surface area contributed by atoms with Gasteiger partial charge in [-0.2, -0.15) is 0 Å². The number of aromatic nitrogens is 3. The standard InChI is InChI=1S/C16H21N5O2S/c1-2-13-19-20-14(24-13)11-18-16(22)15(12-4-3-5-17-10-12)21-6-8-23-9-7-21/h3-5,10,15H,2,6-9,11H2,1H3,(H,18,22)/t15-/m0/s1. The van der Waals surface area contributed by atoms with E-state index in [-0.39, 0.29) is 11.9 Å². The number of aryl methyl sites for hydroxylation is 1. The van der Waals surface area contributed by atoms with E-state index in [0.29, 0.717) is 19.8 Å². The van der Waals surface area contributed by atoms with E-state index in [2.05, 4.69) is 25.4 Å². The quantitative estimate of drug-likeness (QED) is 0.845. The maximum absolute atomic E-state index is 12.8. The molecular weight excluding hydrogens is 326 g/mol. The highest BCUT2D eigenvalue weighted by molar-refractivity contribution is 7.11. The van der Waals surface area contributed by atoms with Crippen LogP contribution in [0.2, 0.25) is 0 Å². The zero-order valence-electron chi connectivity index (χ0n) is 13.6. The molecule has 1 N–H and O–H groups in total. The molecule has 0 unspecified atom stereocenters. The van der Waals surface area contributed by atoms with Gasteiger partial charge in [0.15, 0.2) is 0 Å². The molecule has 0 aliphatic carbocycles. The summed E-state index contributed by atoms with van der Waals surface area (Å²) in [5.74, 6) is -0.0434. The largest absolute Gasteiger partial charge is 0.379 e. The molecule has 1 fully saturated rings. The molecule has 128 valence electrons. The Hall–Kier alpha value is -1.90. The zero-order valence-corrected chi connectivity index (χ0v) is 14.5. The van der Waals surface area contributed by atoms with Gasteiger partial charge < -0.3 is 10.1 Å². The third-order valence-corrected chi connectivity index (χ3v) is 4.95. The summed E-state index contributed by atoms with van der Waals surface area (Å²) in [5.41, 5.74) is 0.892. The molecule has 1 saturated heterocycles. The second kappa shape index (κ2) is 8.27. The number of hydrogen-bond acceptors (Lipinski definition) is 7. The van der Waals surface area contributed by atoms with Crippen LogP contribution >= 0.6 is 11.3 Å². The number of carbonyl (C=O) groups is 1. The lowest BCUT2D eigenvalue weighted by atomic mass is 10.1. The maximum atomic E-state index is 12.8. The van der Waals surface area contributed by atoms with Crippen molar-refractivity contribution < 1.29 is 9.53 Å². The summed E-state index contributed by atoms with van der Waals surface area (Å²) in [5, 5.41) is 13.0. The van der Waals surface area contributed by atoms with E-state index in [1.807, 2.05) is 19.1 Å². The smallest absolute Gasteiger partial charge is 0.242 e. The third-order valence-electron chi connectivity index (χ3n) is 3.88. The number of nitrogens with one attached hydrogen (secondary N) is 1. The van der Waals surface area contributed by atoms with Crippen LogP contribution in [0.4, 0.5) is 0 Å². The lowest BCUT2D eigenvalue weighted by Crippen LogP contribution is -2.45. The molecule has 3 rings (SSSR count). The van der Waals surface area contributed by atoms with Crippen molar-refractivity contribution in [3.63, 3.8) is 0 Å². The highest BCUT2D eigenvalue weighted by Gasteiger charge is 2.29. The minimum atomic E-state index is -0.360. The van der Waals surface area contributed by atoms with Crippen molar-refractivity contribution in [2.24, 2.45) is 0 Å². The Morgan fingerprint density at radius 3 is 2.83 bits per heavy atom. The van der Waals surface area contributed by atoms with E-state index in [1.165, 1.54) is 11.3 Å². The van der Waals surface area contributed by atoms with Crippen LogP contribution in [0.15, 0.2) is 24.5 Å². The molecule has 3 heterocycles. The average Bonchev–Trinajstić information content (AvgIpc) is 3.10. The van der Waals surface area contributed by atoms with Gasteiger partial charge in [0.25, 0.3) is 0 Å². The number of hydrogen-bond donors (Lipinski definition) is 1. The lowest BCUT2D eigenvalue weighted by molar-refractivity contribution is -0.128. The second-order valence-electron chi connectivity index (χ2n) is 5.50. The van der Waals surface area contributed by atoms with Crippen molar-refractivity contribution in [2.75, 3.05) is 26.3 Å². The maximum Gasteiger partial charge on any atom is 0.242 e. The van der Waals surface area contributed by atoms with E-state index in [0.717, 1.165) is 35.1 Å². The normalized spacial score (nSPS) is 16.7. The molecule has 0 radical (unpaired) electrons. The van der Waals surface area contributed by atoms with Gasteiger partial charge in [-0.05, 0) is 18.1 Å². The number of rotatable bonds is 6. The molecule has 0 aromatic carbocycles. The number of ether oxygens (including phenoxy) is 1. The van der Waals surface area contributed by atoms with Gasteiger partial charge in [-0.3, -0.25) is 14.7 Å². The Labute approximate surface area is 145 Å². The summed E-state index contributed by atoms with van der Waals surface area (Å²) >= 11 is 1.54. The van der Waals surface area contributed by atoms with E-state index in [9.17, 15) is 4.79 Å². The molecule has 1 aliphatic rings. The zero-order chi connectivity index (χ0) is 16.8. The molecule has 0 bridgehead atoms. The van der Waals surface area contributed by atoms with Crippen LogP contribution in [-0.2, 0) is 22.5 Å². The summed E-state index contributed by atoms with van der Waals surface area (Å²) in [4.78, 5) is 19.1. The van der Waals surface area contributed by atoms with Crippen LogP contribution < -0.4 is 5.32 Å². The Balaban J connectivity index is 1.70. The van der Waals surface area contributed by atoms with Crippen molar-refractivity contribution >= 4 is 17.2 Å². The average molecular weight is 347 g/mol. The molecule has 8 heteroatoms. The van der Waals surface area contributed by atoms with Crippen LogP contribution in [0, 0.1) is 0 Å². The van der Waals surface area contributed by atoms with E-state index < -0.39 is 0 Å². The summed E-state index contributed by atoms with van der Waals surface area (Å²) in [7, 11) is 0. The summed E-state index contributed by atoms with van der Waals surface area (Å²) in [6, 6.07) is 3.43. The first-order valence-electron chi connectivity index (χ1n) is 8.08. The second-order valence-corrected chi connectivity index (χ2v) is 6.64. The minimum absolute atomic E-state index is 0.0434. The fourth-order valence-electron chi connectivity index (χ4n) is 2.66. The molecule has 24 heavy (non-hydrogen) atoms. The third kappa shape index (κ3) is 4.14. The number of nitrogens with zero attached hydrogens (tertiary/aromatic N) is 4. The molecular formula is C16H21N5O2S. The SMILES string of the molecule is CCc1nnc(CNC(=O)[C@H](c2cccnc2)N2CCOCC2)s1. The minimum Gasteiger partial charge on any atom is -0.379 e. The van der Waals surface area contributed by atoms with Gasteiger partial charge in [0.2, 0.25) is 5.91 Å². The summed E-state index contributed by atoms with van der Waals surface area (Å²) in [6.07, 6.45) is 4.32. The van der Waals surface area contributed by atoms with Crippen LogP contribution in [-0.4, -0.2) is 52.3 Å². The Kier molecular flexibility index (Phi) is 5.84. The summed E-state index contributed by atoms with van der Waals surface area (Å²) < 4.78 is 5.40.